The SMILES string of the molecule is FC(F)(F)c1cc(-c2nc(-c3ccc(Cl)cc3Cl)no2)n[nH]1. The first-order valence-electron chi connectivity index (χ1n) is 5.77. The van der Waals surface area contributed by atoms with Crippen LogP contribution in [-0.2, 0) is 6.18 Å². The van der Waals surface area contributed by atoms with Gasteiger partial charge in [-0.05, 0) is 18.2 Å². The van der Waals surface area contributed by atoms with Crippen LogP contribution in [0.1, 0.15) is 5.69 Å². The van der Waals surface area contributed by atoms with E-state index < -0.39 is 11.9 Å². The zero-order valence-electron chi connectivity index (χ0n) is 10.4. The third-order valence-corrected chi connectivity index (χ3v) is 3.25. The van der Waals surface area contributed by atoms with Crippen molar-refractivity contribution in [2.24, 2.45) is 0 Å². The van der Waals surface area contributed by atoms with Gasteiger partial charge in [0.25, 0.3) is 5.89 Å². The molecule has 0 aliphatic heterocycles. The number of alkyl halides is 3. The van der Waals surface area contributed by atoms with Crippen LogP contribution in [0, 0.1) is 0 Å². The maximum Gasteiger partial charge on any atom is 0.432 e. The number of hydrogen-bond acceptors (Lipinski definition) is 4. The third kappa shape index (κ3) is 2.79. The Kier molecular flexibility index (Phi) is 3.57. The van der Waals surface area contributed by atoms with Crippen molar-refractivity contribution in [2.45, 2.75) is 6.18 Å². The third-order valence-electron chi connectivity index (χ3n) is 2.70. The molecule has 2 aromatic heterocycles. The minimum atomic E-state index is -4.53. The molecule has 0 unspecified atom stereocenters. The molecule has 0 spiro atoms. The Balaban J connectivity index is 1.95. The number of nitrogens with one attached hydrogen (secondary N) is 1. The fourth-order valence-corrected chi connectivity index (χ4v) is 2.18. The molecule has 0 aliphatic rings. The second-order valence-electron chi connectivity index (χ2n) is 4.21. The molecule has 0 fully saturated rings. The summed E-state index contributed by atoms with van der Waals surface area (Å²) in [5.41, 5.74) is -0.685. The van der Waals surface area contributed by atoms with E-state index >= 15 is 0 Å². The van der Waals surface area contributed by atoms with Crippen LogP contribution in [0.4, 0.5) is 13.2 Å². The summed E-state index contributed by atoms with van der Waals surface area (Å²) in [5.74, 6) is -0.0407. The van der Waals surface area contributed by atoms with Gasteiger partial charge in [0.1, 0.15) is 5.69 Å². The molecular weight excluding hydrogens is 344 g/mol. The molecule has 1 N–H and O–H groups in total. The van der Waals surface area contributed by atoms with Gasteiger partial charge in [-0.3, -0.25) is 5.10 Å². The first-order valence-corrected chi connectivity index (χ1v) is 6.52. The second-order valence-corrected chi connectivity index (χ2v) is 5.06. The number of aromatic amines is 1. The summed E-state index contributed by atoms with van der Waals surface area (Å²) in [6, 6.07) is 5.42. The summed E-state index contributed by atoms with van der Waals surface area (Å²) < 4.78 is 42.4. The predicted octanol–water partition coefficient (Wildman–Crippen LogP) is 4.45. The largest absolute Gasteiger partial charge is 0.432 e. The highest BCUT2D eigenvalue weighted by Crippen LogP contribution is 2.32. The Morgan fingerprint density at radius 2 is 1.91 bits per heavy atom. The number of aromatic nitrogens is 4. The number of rotatable bonds is 2. The minimum Gasteiger partial charge on any atom is -0.332 e. The van der Waals surface area contributed by atoms with Crippen molar-refractivity contribution in [2.75, 3.05) is 0 Å². The van der Waals surface area contributed by atoms with E-state index in [-0.39, 0.29) is 22.4 Å². The smallest absolute Gasteiger partial charge is 0.332 e. The number of benzene rings is 1. The number of halogens is 5. The van der Waals surface area contributed by atoms with E-state index in [1.165, 1.54) is 6.07 Å². The summed E-state index contributed by atoms with van der Waals surface area (Å²) in [6.07, 6.45) is -4.53. The molecule has 3 rings (SSSR count). The highest BCUT2D eigenvalue weighted by molar-refractivity contribution is 6.36. The average Bonchev–Trinajstić information content (AvgIpc) is 3.06. The molecule has 0 atom stereocenters. The fourth-order valence-electron chi connectivity index (χ4n) is 1.68. The molecule has 10 heteroatoms. The van der Waals surface area contributed by atoms with Crippen LogP contribution < -0.4 is 0 Å². The summed E-state index contributed by atoms with van der Waals surface area (Å²) in [4.78, 5) is 3.98. The van der Waals surface area contributed by atoms with Crippen LogP contribution in [0.2, 0.25) is 10.0 Å². The van der Waals surface area contributed by atoms with Crippen molar-refractivity contribution < 1.29 is 17.7 Å². The van der Waals surface area contributed by atoms with Crippen molar-refractivity contribution in [1.29, 1.82) is 0 Å². The number of nitrogens with zero attached hydrogens (tertiary/aromatic N) is 3. The Bertz CT molecular complexity index is 828. The zero-order chi connectivity index (χ0) is 15.9. The molecule has 1 aromatic carbocycles. The Morgan fingerprint density at radius 3 is 2.55 bits per heavy atom. The summed E-state index contributed by atoms with van der Waals surface area (Å²) in [6.45, 7) is 0. The van der Waals surface area contributed by atoms with Gasteiger partial charge in [0, 0.05) is 16.7 Å². The Hall–Kier alpha value is -2.06. The molecular formula is C12H5Cl2F3N4O. The first kappa shape index (κ1) is 14.9. The molecule has 2 heterocycles. The quantitative estimate of drug-likeness (QED) is 0.742. The lowest BCUT2D eigenvalue weighted by atomic mass is 10.2. The first-order chi connectivity index (χ1) is 10.3. The van der Waals surface area contributed by atoms with Crippen LogP contribution in [0.15, 0.2) is 28.8 Å². The second kappa shape index (κ2) is 5.29. The van der Waals surface area contributed by atoms with Gasteiger partial charge in [-0.25, -0.2) is 0 Å². The maximum atomic E-state index is 12.5. The molecule has 3 aromatic rings. The van der Waals surface area contributed by atoms with E-state index in [0.29, 0.717) is 10.6 Å². The topological polar surface area (TPSA) is 67.6 Å². The lowest BCUT2D eigenvalue weighted by molar-refractivity contribution is -0.141. The van der Waals surface area contributed by atoms with E-state index in [1.54, 1.807) is 12.1 Å². The highest BCUT2D eigenvalue weighted by Gasteiger charge is 2.33. The van der Waals surface area contributed by atoms with Crippen LogP contribution in [0.5, 0.6) is 0 Å². The molecule has 114 valence electrons. The van der Waals surface area contributed by atoms with Crippen LogP contribution >= 0.6 is 23.2 Å². The van der Waals surface area contributed by atoms with E-state index in [0.717, 1.165) is 6.07 Å². The van der Waals surface area contributed by atoms with E-state index in [4.69, 9.17) is 27.7 Å². The monoisotopic (exact) mass is 348 g/mol. The molecule has 0 radical (unpaired) electrons. The number of H-pyrrole nitrogens is 1. The van der Waals surface area contributed by atoms with Gasteiger partial charge in [-0.1, -0.05) is 28.4 Å². The number of hydrogen-bond donors (Lipinski definition) is 1. The van der Waals surface area contributed by atoms with Gasteiger partial charge >= 0.3 is 6.18 Å². The van der Waals surface area contributed by atoms with Crippen molar-refractivity contribution in [3.63, 3.8) is 0 Å². The van der Waals surface area contributed by atoms with Gasteiger partial charge in [0.15, 0.2) is 5.69 Å². The summed E-state index contributed by atoms with van der Waals surface area (Å²) >= 11 is 11.8. The molecule has 0 saturated carbocycles. The van der Waals surface area contributed by atoms with Gasteiger partial charge in [0.05, 0.1) is 5.02 Å². The van der Waals surface area contributed by atoms with Gasteiger partial charge < -0.3 is 4.52 Å². The van der Waals surface area contributed by atoms with Gasteiger partial charge in [0.2, 0.25) is 5.82 Å². The van der Waals surface area contributed by atoms with Crippen LogP contribution in [-0.4, -0.2) is 20.3 Å². The lowest BCUT2D eigenvalue weighted by Crippen LogP contribution is -2.04. The van der Waals surface area contributed by atoms with Crippen LogP contribution in [0.3, 0.4) is 0 Å². The fraction of sp³-hybridized carbons (Fsp3) is 0.0833. The standard InChI is InChI=1S/C12H5Cl2F3N4O/c13-5-1-2-6(7(14)3-5)10-18-11(22-21-10)8-4-9(20-19-8)12(15,16)17/h1-4H,(H,19,20). The normalized spacial score (nSPS) is 11.9. The van der Waals surface area contributed by atoms with Crippen molar-refractivity contribution in [3.05, 3.63) is 40.0 Å². The molecule has 0 amide bonds. The lowest BCUT2D eigenvalue weighted by Gasteiger charge is -1.99. The zero-order valence-corrected chi connectivity index (χ0v) is 12.0. The molecule has 0 saturated heterocycles. The van der Waals surface area contributed by atoms with Crippen molar-refractivity contribution in [3.8, 4) is 23.0 Å². The van der Waals surface area contributed by atoms with E-state index in [9.17, 15) is 13.2 Å². The maximum absolute atomic E-state index is 12.5. The molecule has 22 heavy (non-hydrogen) atoms. The molecule has 0 aliphatic carbocycles. The van der Waals surface area contributed by atoms with E-state index in [1.807, 2.05) is 5.10 Å². The minimum absolute atomic E-state index is 0.115. The van der Waals surface area contributed by atoms with Gasteiger partial charge in [-0.15, -0.1) is 0 Å². The van der Waals surface area contributed by atoms with Gasteiger partial charge in [-0.2, -0.15) is 23.3 Å². The Labute approximate surface area is 131 Å². The molecule has 5 nitrogen and oxygen atoms in total. The van der Waals surface area contributed by atoms with Crippen LogP contribution in [0.25, 0.3) is 23.0 Å². The summed E-state index contributed by atoms with van der Waals surface area (Å²) in [5, 5.41) is 9.76. The summed E-state index contributed by atoms with van der Waals surface area (Å²) in [7, 11) is 0. The van der Waals surface area contributed by atoms with Crippen molar-refractivity contribution in [1.82, 2.24) is 20.3 Å². The molecule has 0 bridgehead atoms. The van der Waals surface area contributed by atoms with E-state index in [2.05, 4.69) is 15.2 Å². The predicted molar refractivity (Wildman–Crippen MR) is 72.3 cm³/mol. The highest BCUT2D eigenvalue weighted by atomic mass is 35.5. The van der Waals surface area contributed by atoms with Crippen molar-refractivity contribution >= 4 is 23.2 Å². The average molecular weight is 349 g/mol. The Morgan fingerprint density at radius 1 is 1.14 bits per heavy atom.